The van der Waals surface area contributed by atoms with Gasteiger partial charge in [-0.05, 0) is 45.2 Å². The Morgan fingerprint density at radius 1 is 1.07 bits per heavy atom. The zero-order valence-corrected chi connectivity index (χ0v) is 26.1. The lowest BCUT2D eigenvalue weighted by molar-refractivity contribution is -0.299. The number of carbonyl (C=O) groups excluding carboxylic acids is 1. The summed E-state index contributed by atoms with van der Waals surface area (Å²) >= 11 is 0. The van der Waals surface area contributed by atoms with E-state index in [2.05, 4.69) is 21.8 Å². The van der Waals surface area contributed by atoms with Crippen LogP contribution in [0.15, 0.2) is 58.5 Å². The molecule has 1 aromatic carbocycles. The summed E-state index contributed by atoms with van der Waals surface area (Å²) in [5.41, 5.74) is -7.35. The second-order valence-electron chi connectivity index (χ2n) is 11.0. The van der Waals surface area contributed by atoms with Gasteiger partial charge in [0.2, 0.25) is 5.60 Å². The van der Waals surface area contributed by atoms with Gasteiger partial charge in [0, 0.05) is 0 Å². The Hall–Kier alpha value is -3.99. The first kappa shape index (κ1) is 36.5. The molecule has 10 nitrogen and oxygen atoms in total. The lowest BCUT2D eigenvalue weighted by Crippen LogP contribution is -2.45. The zero-order valence-electron chi connectivity index (χ0n) is 25.3. The van der Waals surface area contributed by atoms with Gasteiger partial charge in [0.05, 0.1) is 23.6 Å². The number of anilines is 1. The number of halogens is 6. The van der Waals surface area contributed by atoms with E-state index in [4.69, 9.17) is 13.9 Å². The van der Waals surface area contributed by atoms with Crippen molar-refractivity contribution in [3.8, 4) is 11.6 Å². The van der Waals surface area contributed by atoms with Crippen LogP contribution in [-0.4, -0.2) is 47.2 Å². The number of benzene rings is 1. The summed E-state index contributed by atoms with van der Waals surface area (Å²) in [6.07, 6.45) is -11.6. The van der Waals surface area contributed by atoms with Crippen LogP contribution in [0.5, 0.6) is 0 Å². The van der Waals surface area contributed by atoms with Gasteiger partial charge in [0.25, 0.3) is 11.8 Å². The number of alkyl halides is 6. The third-order valence-electron chi connectivity index (χ3n) is 6.17. The van der Waals surface area contributed by atoms with Gasteiger partial charge in [0.1, 0.15) is 5.60 Å². The van der Waals surface area contributed by atoms with Crippen LogP contribution < -0.4 is 5.32 Å². The van der Waals surface area contributed by atoms with Gasteiger partial charge in [-0.3, -0.25) is 5.32 Å². The van der Waals surface area contributed by atoms with E-state index in [1.54, 1.807) is 18.2 Å². The molecule has 0 saturated heterocycles. The minimum absolute atomic E-state index is 0.0817. The molecule has 0 aliphatic carbocycles. The molecule has 0 radical (unpaired) electrons. The summed E-state index contributed by atoms with van der Waals surface area (Å²) in [5, 5.41) is 7.67. The van der Waals surface area contributed by atoms with Crippen LogP contribution in [0.25, 0.3) is 11.6 Å². The fourth-order valence-electron chi connectivity index (χ4n) is 4.14. The predicted octanol–water partition coefficient (Wildman–Crippen LogP) is 7.62. The Bertz CT molecular complexity index is 1640. The normalized spacial score (nSPS) is 14.0. The molecule has 0 fully saturated rings. The van der Waals surface area contributed by atoms with Crippen LogP contribution in [0.2, 0.25) is 0 Å². The number of aromatic nitrogens is 3. The maximum absolute atomic E-state index is 14.7. The van der Waals surface area contributed by atoms with Crippen molar-refractivity contribution >= 4 is 21.6 Å². The van der Waals surface area contributed by atoms with Crippen LogP contribution in [-0.2, 0) is 37.7 Å². The number of hydrogen-bond donors (Lipinski definition) is 1. The first-order chi connectivity index (χ1) is 21.2. The first-order valence-corrected chi connectivity index (χ1v) is 15.4. The summed E-state index contributed by atoms with van der Waals surface area (Å²) < 4.78 is 129. The second kappa shape index (κ2) is 13.8. The molecule has 3 aromatic rings. The zero-order chi connectivity index (χ0) is 34.6. The van der Waals surface area contributed by atoms with E-state index in [-0.39, 0.29) is 18.9 Å². The van der Waals surface area contributed by atoms with E-state index in [9.17, 15) is 39.6 Å². The number of nitrogens with one attached hydrogen (secondary N) is 1. The SMILES string of the molecule is C=CCCS(=O)(=O)c1nc(-c2nnc(C(CCC)(OCc3ccccc3)C(F)(F)F)o2)c(NC(=O)OC(C)(C)C)cc1C(F)(F)F. The van der Waals surface area contributed by atoms with Gasteiger partial charge in [-0.15, -0.1) is 16.8 Å². The number of pyridine rings is 1. The smallest absolute Gasteiger partial charge is 0.426 e. The van der Waals surface area contributed by atoms with Gasteiger partial charge in [0.15, 0.2) is 20.6 Å². The minimum Gasteiger partial charge on any atom is -0.444 e. The molecule has 17 heteroatoms. The van der Waals surface area contributed by atoms with Gasteiger partial charge >= 0.3 is 18.4 Å². The topological polar surface area (TPSA) is 134 Å². The number of carbonyl (C=O) groups is 1. The second-order valence-corrected chi connectivity index (χ2v) is 13.0. The summed E-state index contributed by atoms with van der Waals surface area (Å²) in [6.45, 7) is 8.67. The highest BCUT2D eigenvalue weighted by atomic mass is 32.2. The molecular weight excluding hydrogens is 646 g/mol. The van der Waals surface area contributed by atoms with E-state index >= 15 is 0 Å². The van der Waals surface area contributed by atoms with Crippen molar-refractivity contribution in [1.82, 2.24) is 15.2 Å². The lowest BCUT2D eigenvalue weighted by Gasteiger charge is -2.32. The van der Waals surface area contributed by atoms with Crippen LogP contribution >= 0.6 is 0 Å². The molecule has 0 aliphatic heterocycles. The highest BCUT2D eigenvalue weighted by molar-refractivity contribution is 7.91. The standard InChI is InChI=1S/C29H32F6N4O6S/c1-6-8-15-46(41,42)23-19(28(30,31)32)16-20(36-25(40)45-26(3,4)5)21(37-23)22-38-39-24(44-22)27(14-7-2,29(33,34)35)43-17-18-12-10-9-11-13-18/h6,9-13,16H,1,7-8,14-15,17H2,2-5H3,(H,36,40). The monoisotopic (exact) mass is 678 g/mol. The van der Waals surface area contributed by atoms with Crippen molar-refractivity contribution < 1.29 is 53.4 Å². The number of sulfone groups is 1. The number of hydrogen-bond acceptors (Lipinski definition) is 9. The molecule has 2 aromatic heterocycles. The van der Waals surface area contributed by atoms with Gasteiger partial charge < -0.3 is 13.9 Å². The molecule has 1 atom stereocenters. The highest BCUT2D eigenvalue weighted by Crippen LogP contribution is 2.47. The number of rotatable bonds is 12. The van der Waals surface area contributed by atoms with Crippen molar-refractivity contribution in [3.63, 3.8) is 0 Å². The fourth-order valence-corrected chi connectivity index (χ4v) is 5.55. The van der Waals surface area contributed by atoms with Crippen molar-refractivity contribution in [2.75, 3.05) is 11.1 Å². The van der Waals surface area contributed by atoms with Crippen molar-refractivity contribution in [2.45, 2.75) is 82.1 Å². The van der Waals surface area contributed by atoms with Gasteiger partial charge in [-0.2, -0.15) is 26.3 Å². The largest absolute Gasteiger partial charge is 0.444 e. The van der Waals surface area contributed by atoms with E-state index in [0.717, 1.165) is 6.08 Å². The number of allylic oxidation sites excluding steroid dienone is 1. The molecule has 1 N–H and O–H groups in total. The van der Waals surface area contributed by atoms with Crippen molar-refractivity contribution in [2.24, 2.45) is 0 Å². The van der Waals surface area contributed by atoms with E-state index < -0.39 is 92.0 Å². The Labute approximate surface area is 261 Å². The maximum atomic E-state index is 14.7. The van der Waals surface area contributed by atoms with Gasteiger partial charge in [-0.1, -0.05) is 49.8 Å². The lowest BCUT2D eigenvalue weighted by atomic mass is 9.96. The average molecular weight is 679 g/mol. The Morgan fingerprint density at radius 3 is 2.26 bits per heavy atom. The minimum atomic E-state index is -5.30. The third-order valence-corrected chi connectivity index (χ3v) is 7.85. The van der Waals surface area contributed by atoms with Crippen LogP contribution in [0.3, 0.4) is 0 Å². The van der Waals surface area contributed by atoms with E-state index in [1.165, 1.54) is 39.8 Å². The van der Waals surface area contributed by atoms with Crippen LogP contribution in [0.1, 0.15) is 64.0 Å². The molecule has 252 valence electrons. The van der Waals surface area contributed by atoms with Crippen molar-refractivity contribution in [3.05, 3.63) is 66.1 Å². The molecule has 46 heavy (non-hydrogen) atoms. The molecule has 0 saturated carbocycles. The molecular formula is C29H32F6N4O6S. The summed E-state index contributed by atoms with van der Waals surface area (Å²) in [6, 6.07) is 8.15. The molecule has 0 bridgehead atoms. The molecule has 0 aliphatic rings. The van der Waals surface area contributed by atoms with Crippen LogP contribution in [0, 0.1) is 0 Å². The Kier molecular flexibility index (Phi) is 10.9. The summed E-state index contributed by atoms with van der Waals surface area (Å²) in [5.74, 6) is -2.88. The number of nitrogens with zero attached hydrogens (tertiary/aromatic N) is 3. The molecule has 0 spiro atoms. The molecule has 2 heterocycles. The van der Waals surface area contributed by atoms with Crippen LogP contribution in [0.4, 0.5) is 36.8 Å². The first-order valence-electron chi connectivity index (χ1n) is 13.8. The predicted molar refractivity (Wildman–Crippen MR) is 153 cm³/mol. The Balaban J connectivity index is 2.28. The third kappa shape index (κ3) is 8.63. The van der Waals surface area contributed by atoms with Gasteiger partial charge in [-0.25, -0.2) is 18.2 Å². The Morgan fingerprint density at radius 2 is 1.72 bits per heavy atom. The summed E-state index contributed by atoms with van der Waals surface area (Å²) in [7, 11) is -4.77. The average Bonchev–Trinajstić information content (AvgIpc) is 3.42. The quantitative estimate of drug-likeness (QED) is 0.152. The van der Waals surface area contributed by atoms with E-state index in [1.807, 2.05) is 5.32 Å². The van der Waals surface area contributed by atoms with Crippen molar-refractivity contribution in [1.29, 1.82) is 0 Å². The van der Waals surface area contributed by atoms with E-state index in [0.29, 0.717) is 5.56 Å². The fraction of sp³-hybridized carbons (Fsp3) is 0.448. The molecule has 3 rings (SSSR count). The number of ether oxygens (including phenoxy) is 2. The molecule has 1 unspecified atom stereocenters. The molecule has 1 amide bonds. The maximum Gasteiger partial charge on any atom is 0.426 e. The summed E-state index contributed by atoms with van der Waals surface area (Å²) in [4.78, 5) is 16.2. The number of amides is 1. The highest BCUT2D eigenvalue weighted by Gasteiger charge is 2.61.